The highest BCUT2D eigenvalue weighted by Gasteiger charge is 2.38. The van der Waals surface area contributed by atoms with Crippen LogP contribution in [0.1, 0.15) is 75.2 Å². The molecule has 56 heavy (non-hydrogen) atoms. The van der Waals surface area contributed by atoms with E-state index in [1.165, 1.54) is 20.3 Å². The van der Waals surface area contributed by atoms with Crippen molar-refractivity contribution in [2.75, 3.05) is 34.0 Å². The van der Waals surface area contributed by atoms with Crippen molar-refractivity contribution in [1.29, 1.82) is 0 Å². The van der Waals surface area contributed by atoms with Gasteiger partial charge in [0.15, 0.2) is 6.61 Å². The zero-order valence-electron chi connectivity index (χ0n) is 35.3. The monoisotopic (exact) mass is 790 g/mol. The van der Waals surface area contributed by atoms with E-state index in [9.17, 15) is 30.0 Å². The lowest BCUT2D eigenvalue weighted by atomic mass is 9.79. The lowest BCUT2D eigenvalue weighted by Crippen LogP contribution is -2.45. The summed E-state index contributed by atoms with van der Waals surface area (Å²) in [4.78, 5) is 31.3. The average molecular weight is 791 g/mol. The summed E-state index contributed by atoms with van der Waals surface area (Å²) in [5.74, 6) is -4.15. The number of cyclic esters (lactones) is 1. The number of esters is 1. The van der Waals surface area contributed by atoms with Crippen molar-refractivity contribution >= 4 is 17.6 Å². The van der Waals surface area contributed by atoms with Gasteiger partial charge in [-0.15, -0.1) is 0 Å². The van der Waals surface area contributed by atoms with Gasteiger partial charge in [0, 0.05) is 43.2 Å². The van der Waals surface area contributed by atoms with E-state index in [-0.39, 0.29) is 48.3 Å². The number of carbonyl (C=O) groups excluding carboxylic acids is 2. The molecule has 1 aliphatic heterocycles. The Morgan fingerprint density at radius 3 is 2.38 bits per heavy atom. The third-order valence-electron chi connectivity index (χ3n) is 10.3. The summed E-state index contributed by atoms with van der Waals surface area (Å²) in [6.45, 7) is 15.9. The number of methoxy groups -OCH3 is 2. The minimum absolute atomic E-state index is 0.0515. The van der Waals surface area contributed by atoms with Gasteiger partial charge < -0.3 is 49.9 Å². The SMILES string of the molecule is C/C=C/C(O)C(C)/C=C/C(=N/OCC(=O)NCCO)C(C)C(O)C(C)C1OC(=O)/C(OC)=C/C(C)=C/C(C)C(O)C(CC)C(O)C(C)C/C(C)=C/C=C/C1OC. The number of nitrogens with zero attached hydrogens (tertiary/aromatic N) is 1. The molecule has 0 aromatic rings. The largest absolute Gasteiger partial charge is 0.490 e. The van der Waals surface area contributed by atoms with Gasteiger partial charge in [-0.3, -0.25) is 4.79 Å². The summed E-state index contributed by atoms with van der Waals surface area (Å²) < 4.78 is 17.5. The fraction of sp³-hybridized carbons (Fsp3) is 0.651. The van der Waals surface area contributed by atoms with Crippen LogP contribution in [0.4, 0.5) is 0 Å². The van der Waals surface area contributed by atoms with Crippen LogP contribution in [-0.2, 0) is 28.6 Å². The van der Waals surface area contributed by atoms with Crippen LogP contribution in [0.25, 0.3) is 0 Å². The molecule has 13 heteroatoms. The third kappa shape index (κ3) is 16.5. The van der Waals surface area contributed by atoms with Crippen LogP contribution in [-0.4, -0.2) is 114 Å². The first-order chi connectivity index (χ1) is 26.5. The Bertz CT molecular complexity index is 1420. The fourth-order valence-corrected chi connectivity index (χ4v) is 6.71. The molecular weight excluding hydrogens is 720 g/mol. The van der Waals surface area contributed by atoms with Gasteiger partial charge in [0.05, 0.1) is 43.8 Å². The van der Waals surface area contributed by atoms with E-state index in [0.29, 0.717) is 18.4 Å². The highest BCUT2D eigenvalue weighted by molar-refractivity contribution is 5.96. The topological polar surface area (TPSA) is 197 Å². The highest BCUT2D eigenvalue weighted by Crippen LogP contribution is 2.30. The third-order valence-corrected chi connectivity index (χ3v) is 10.3. The number of aliphatic hydroxyl groups is 5. The number of ether oxygens (including phenoxy) is 3. The van der Waals surface area contributed by atoms with Crippen LogP contribution in [0.2, 0.25) is 0 Å². The molecule has 12 unspecified atom stereocenters. The molecule has 0 aromatic carbocycles. The van der Waals surface area contributed by atoms with Crippen molar-refractivity contribution in [1.82, 2.24) is 5.32 Å². The van der Waals surface area contributed by atoms with Gasteiger partial charge in [-0.05, 0) is 51.7 Å². The van der Waals surface area contributed by atoms with E-state index < -0.39 is 66.9 Å². The molecule has 0 spiro atoms. The Labute approximate surface area is 334 Å². The number of rotatable bonds is 16. The zero-order valence-corrected chi connectivity index (χ0v) is 35.3. The van der Waals surface area contributed by atoms with Crippen LogP contribution >= 0.6 is 0 Å². The van der Waals surface area contributed by atoms with Gasteiger partial charge in [-0.25, -0.2) is 4.79 Å². The number of allylic oxidation sites excluding steroid dienone is 7. The van der Waals surface area contributed by atoms with Crippen molar-refractivity contribution in [2.45, 2.75) is 112 Å². The molecule has 0 bridgehead atoms. The predicted molar refractivity (Wildman–Crippen MR) is 218 cm³/mol. The van der Waals surface area contributed by atoms with Crippen molar-refractivity contribution in [3.63, 3.8) is 0 Å². The second-order valence-corrected chi connectivity index (χ2v) is 14.9. The van der Waals surface area contributed by atoms with Gasteiger partial charge >= 0.3 is 5.97 Å². The Balaban J connectivity index is 3.75. The van der Waals surface area contributed by atoms with Gasteiger partial charge in [0.1, 0.15) is 12.2 Å². The Morgan fingerprint density at radius 1 is 1.11 bits per heavy atom. The highest BCUT2D eigenvalue weighted by atomic mass is 16.6. The lowest BCUT2D eigenvalue weighted by molar-refractivity contribution is -0.161. The maximum Gasteiger partial charge on any atom is 0.373 e. The van der Waals surface area contributed by atoms with Crippen LogP contribution in [0.5, 0.6) is 0 Å². The maximum atomic E-state index is 13.8. The van der Waals surface area contributed by atoms with E-state index in [4.69, 9.17) is 24.2 Å². The molecule has 0 aliphatic carbocycles. The lowest BCUT2D eigenvalue weighted by Gasteiger charge is -2.34. The minimum Gasteiger partial charge on any atom is -0.490 e. The maximum absolute atomic E-state index is 13.8. The van der Waals surface area contributed by atoms with Crippen LogP contribution < -0.4 is 5.32 Å². The first kappa shape index (κ1) is 50.4. The van der Waals surface area contributed by atoms with Gasteiger partial charge in [-0.2, -0.15) is 0 Å². The quantitative estimate of drug-likeness (QED) is 0.0555. The number of hydrogen-bond acceptors (Lipinski definition) is 12. The van der Waals surface area contributed by atoms with E-state index in [2.05, 4.69) is 10.5 Å². The summed E-state index contributed by atoms with van der Waals surface area (Å²) in [7, 11) is 2.82. The Hall–Kier alpha value is -3.59. The molecule has 0 saturated heterocycles. The van der Waals surface area contributed by atoms with Gasteiger partial charge in [0.25, 0.3) is 5.91 Å². The molecule has 0 saturated carbocycles. The van der Waals surface area contributed by atoms with Crippen molar-refractivity contribution in [3.05, 3.63) is 71.6 Å². The zero-order chi connectivity index (χ0) is 42.5. The summed E-state index contributed by atoms with van der Waals surface area (Å²) in [5.41, 5.74) is 1.86. The van der Waals surface area contributed by atoms with Crippen LogP contribution in [0.15, 0.2) is 76.7 Å². The average Bonchev–Trinajstić information content (AvgIpc) is 3.16. The van der Waals surface area contributed by atoms with Crippen molar-refractivity contribution in [3.8, 4) is 0 Å². The standard InChI is InChI=1S/C43H70N2O11/c1-12-15-35(47)28(5)18-19-34(45-55-25-38(48)44-20-21-46)31(8)41(51)32(9)42-36(53-10)17-14-16-26(3)22-29(6)39(49)33(13-2)40(50)30(7)23-27(4)24-37(54-11)43(52)56-42/h12,14-19,23-24,28-33,35-36,39-42,46-47,49-51H,13,20-22,25H2,1-11H3,(H,44,48)/b15-12+,17-14+,19-18+,26-16+,27-23+,37-24-,45-34-. The molecule has 1 heterocycles. The van der Waals surface area contributed by atoms with Crippen molar-refractivity contribution < 1.29 is 54.2 Å². The number of amides is 1. The summed E-state index contributed by atoms with van der Waals surface area (Å²) in [5, 5.41) is 60.7. The second-order valence-electron chi connectivity index (χ2n) is 14.9. The Morgan fingerprint density at radius 2 is 1.79 bits per heavy atom. The van der Waals surface area contributed by atoms with Gasteiger partial charge in [-0.1, -0.05) is 100 Å². The molecular formula is C43H70N2O11. The summed E-state index contributed by atoms with van der Waals surface area (Å²) in [6.07, 6.45) is 11.1. The molecule has 1 aliphatic rings. The first-order valence-electron chi connectivity index (χ1n) is 19.6. The predicted octanol–water partition coefficient (Wildman–Crippen LogP) is 4.56. The minimum atomic E-state index is -1.22. The normalized spacial score (nSPS) is 31.2. The first-order valence-corrected chi connectivity index (χ1v) is 19.6. The molecule has 318 valence electrons. The number of aliphatic hydroxyl groups excluding tert-OH is 5. The smallest absolute Gasteiger partial charge is 0.373 e. The Kier molecular flexibility index (Phi) is 23.7. The number of oxime groups is 1. The molecule has 0 fully saturated rings. The molecule has 13 nitrogen and oxygen atoms in total. The second kappa shape index (κ2) is 26.4. The molecule has 12 atom stereocenters. The summed E-state index contributed by atoms with van der Waals surface area (Å²) >= 11 is 0. The molecule has 1 rings (SSSR count). The van der Waals surface area contributed by atoms with E-state index in [1.807, 2.05) is 46.8 Å². The van der Waals surface area contributed by atoms with Gasteiger partial charge in [0.2, 0.25) is 5.76 Å². The van der Waals surface area contributed by atoms with E-state index in [1.54, 1.807) is 64.2 Å². The number of hydrogen-bond donors (Lipinski definition) is 6. The van der Waals surface area contributed by atoms with E-state index >= 15 is 0 Å². The molecule has 6 N–H and O–H groups in total. The fourth-order valence-electron chi connectivity index (χ4n) is 6.71. The van der Waals surface area contributed by atoms with Crippen molar-refractivity contribution in [2.24, 2.45) is 40.7 Å². The molecule has 1 amide bonds. The van der Waals surface area contributed by atoms with E-state index in [0.717, 1.165) is 5.57 Å². The number of nitrogens with one attached hydrogen (secondary N) is 1. The molecule has 0 radical (unpaired) electrons. The number of carbonyl (C=O) groups is 2. The van der Waals surface area contributed by atoms with Crippen LogP contribution in [0, 0.1) is 35.5 Å². The van der Waals surface area contributed by atoms with Crippen LogP contribution in [0.3, 0.4) is 0 Å². The summed E-state index contributed by atoms with van der Waals surface area (Å²) in [6, 6.07) is 0. The molecule has 0 aromatic heterocycles.